The van der Waals surface area contributed by atoms with E-state index in [2.05, 4.69) is 33.0 Å². The summed E-state index contributed by atoms with van der Waals surface area (Å²) in [5, 5.41) is 3.84. The summed E-state index contributed by atoms with van der Waals surface area (Å²) in [5.41, 5.74) is 0.860. The van der Waals surface area contributed by atoms with Gasteiger partial charge in [0.05, 0.1) is 17.8 Å². The van der Waals surface area contributed by atoms with Gasteiger partial charge in [0.15, 0.2) is 5.82 Å². The van der Waals surface area contributed by atoms with Crippen LogP contribution in [0.15, 0.2) is 22.9 Å². The van der Waals surface area contributed by atoms with Crippen LogP contribution in [0.3, 0.4) is 0 Å². The molecule has 1 saturated carbocycles. The van der Waals surface area contributed by atoms with Crippen molar-refractivity contribution in [3.8, 4) is 11.5 Å². The molecule has 1 aliphatic carbocycles. The fraction of sp³-hybridized carbons (Fsp3) is 0.632. The van der Waals surface area contributed by atoms with E-state index < -0.39 is 0 Å². The third kappa shape index (κ3) is 3.84. The third-order valence-corrected chi connectivity index (χ3v) is 5.07. The highest BCUT2D eigenvalue weighted by atomic mass is 16.5. The van der Waals surface area contributed by atoms with Crippen LogP contribution in [-0.4, -0.2) is 40.4 Å². The van der Waals surface area contributed by atoms with E-state index in [9.17, 15) is 0 Å². The highest BCUT2D eigenvalue weighted by Crippen LogP contribution is 2.38. The van der Waals surface area contributed by atoms with E-state index in [0.717, 1.165) is 36.8 Å². The van der Waals surface area contributed by atoms with Crippen molar-refractivity contribution < 1.29 is 9.26 Å². The van der Waals surface area contributed by atoms with Gasteiger partial charge in [-0.05, 0) is 44.2 Å². The number of anilines is 1. The molecule has 0 spiro atoms. The van der Waals surface area contributed by atoms with Crippen LogP contribution in [-0.2, 0) is 4.74 Å². The Labute approximate surface area is 148 Å². The van der Waals surface area contributed by atoms with Gasteiger partial charge < -0.3 is 14.2 Å². The van der Waals surface area contributed by atoms with Crippen LogP contribution in [0.25, 0.3) is 11.5 Å². The maximum Gasteiger partial charge on any atom is 0.259 e. The van der Waals surface area contributed by atoms with Crippen molar-refractivity contribution in [2.45, 2.75) is 58.2 Å². The van der Waals surface area contributed by atoms with Gasteiger partial charge in [0.2, 0.25) is 0 Å². The maximum absolute atomic E-state index is 6.36. The summed E-state index contributed by atoms with van der Waals surface area (Å²) in [4.78, 5) is 11.3. The molecule has 0 N–H and O–H groups in total. The number of pyridine rings is 1. The molecule has 0 bridgehead atoms. The summed E-state index contributed by atoms with van der Waals surface area (Å²) in [6.07, 6.45) is 8.68. The molecule has 6 nitrogen and oxygen atoms in total. The molecule has 2 aromatic heterocycles. The van der Waals surface area contributed by atoms with E-state index in [-0.39, 0.29) is 0 Å². The minimum atomic E-state index is 0.319. The number of rotatable bonds is 6. The van der Waals surface area contributed by atoms with E-state index in [1.54, 1.807) is 0 Å². The summed E-state index contributed by atoms with van der Waals surface area (Å²) < 4.78 is 11.6. The monoisotopic (exact) mass is 342 g/mol. The number of ether oxygens (including phenoxy) is 1. The minimum Gasteiger partial charge on any atom is -0.371 e. The maximum atomic E-state index is 6.36. The van der Waals surface area contributed by atoms with E-state index >= 15 is 0 Å². The summed E-state index contributed by atoms with van der Waals surface area (Å²) in [5.74, 6) is 2.91. The zero-order valence-corrected chi connectivity index (χ0v) is 15.0. The number of hydrogen-bond donors (Lipinski definition) is 0. The normalized spacial score (nSPS) is 23.8. The summed E-state index contributed by atoms with van der Waals surface area (Å²) in [6, 6.07) is 4.07. The van der Waals surface area contributed by atoms with Crippen molar-refractivity contribution in [3.05, 3.63) is 24.2 Å². The highest BCUT2D eigenvalue weighted by molar-refractivity contribution is 5.54. The predicted octanol–water partition coefficient (Wildman–Crippen LogP) is 3.61. The van der Waals surface area contributed by atoms with E-state index in [4.69, 9.17) is 9.26 Å². The predicted molar refractivity (Wildman–Crippen MR) is 95.4 cm³/mol. The molecule has 1 aliphatic heterocycles. The Bertz CT molecular complexity index is 696. The molecule has 4 rings (SSSR count). The Morgan fingerprint density at radius 2 is 2.12 bits per heavy atom. The van der Waals surface area contributed by atoms with Gasteiger partial charge >= 0.3 is 0 Å². The van der Waals surface area contributed by atoms with Crippen LogP contribution >= 0.6 is 0 Å². The van der Waals surface area contributed by atoms with Gasteiger partial charge in [-0.15, -0.1) is 0 Å². The first-order chi connectivity index (χ1) is 12.2. The minimum absolute atomic E-state index is 0.319. The topological polar surface area (TPSA) is 64.3 Å². The molecular formula is C19H26N4O2. The molecule has 1 saturated heterocycles. The third-order valence-electron chi connectivity index (χ3n) is 5.07. The zero-order chi connectivity index (χ0) is 17.2. The van der Waals surface area contributed by atoms with Crippen molar-refractivity contribution >= 4 is 5.82 Å². The SMILES string of the molecule is CCCC[C@@H]1CN(c2ccc(-c3nc(C)no3)cn2)C[C@H](C2CC2)O1. The number of morpholine rings is 1. The second-order valence-corrected chi connectivity index (χ2v) is 7.23. The number of unbranched alkanes of at least 4 members (excludes halogenated alkanes) is 1. The quantitative estimate of drug-likeness (QED) is 0.799. The van der Waals surface area contributed by atoms with Crippen LogP contribution in [0.1, 0.15) is 44.9 Å². The number of nitrogens with zero attached hydrogens (tertiary/aromatic N) is 4. The summed E-state index contributed by atoms with van der Waals surface area (Å²) >= 11 is 0. The van der Waals surface area contributed by atoms with Gasteiger partial charge in [0, 0.05) is 19.3 Å². The van der Waals surface area contributed by atoms with E-state index in [1.165, 1.54) is 25.7 Å². The van der Waals surface area contributed by atoms with Crippen molar-refractivity contribution in [1.82, 2.24) is 15.1 Å². The Morgan fingerprint density at radius 3 is 2.76 bits per heavy atom. The lowest BCUT2D eigenvalue weighted by Crippen LogP contribution is -2.48. The van der Waals surface area contributed by atoms with Crippen molar-refractivity contribution in [2.75, 3.05) is 18.0 Å². The summed E-state index contributed by atoms with van der Waals surface area (Å²) in [6.45, 7) is 5.92. The van der Waals surface area contributed by atoms with Crippen LogP contribution in [0, 0.1) is 12.8 Å². The Balaban J connectivity index is 1.48. The van der Waals surface area contributed by atoms with Crippen LogP contribution in [0.4, 0.5) is 5.82 Å². The fourth-order valence-corrected chi connectivity index (χ4v) is 3.49. The van der Waals surface area contributed by atoms with Crippen molar-refractivity contribution in [2.24, 2.45) is 5.92 Å². The van der Waals surface area contributed by atoms with E-state index in [0.29, 0.717) is 23.9 Å². The van der Waals surface area contributed by atoms with Gasteiger partial charge in [0.1, 0.15) is 5.82 Å². The van der Waals surface area contributed by atoms with Crippen LogP contribution in [0.2, 0.25) is 0 Å². The van der Waals surface area contributed by atoms with Gasteiger partial charge in [-0.2, -0.15) is 4.98 Å². The molecule has 134 valence electrons. The fourth-order valence-electron chi connectivity index (χ4n) is 3.49. The first-order valence-corrected chi connectivity index (χ1v) is 9.40. The van der Waals surface area contributed by atoms with Gasteiger partial charge in [-0.3, -0.25) is 0 Å². The lowest BCUT2D eigenvalue weighted by molar-refractivity contribution is -0.0411. The molecule has 2 aromatic rings. The second kappa shape index (κ2) is 7.12. The van der Waals surface area contributed by atoms with Gasteiger partial charge in [-0.1, -0.05) is 24.9 Å². The molecule has 6 heteroatoms. The standard InChI is InChI=1S/C19H26N4O2/c1-3-4-5-16-11-23(12-17(24-16)14-6-7-14)18-9-8-15(10-20-18)19-21-13(2)22-25-19/h8-10,14,16-17H,3-7,11-12H2,1-2H3/t16-,17-/m1/s1. The first kappa shape index (κ1) is 16.5. The molecule has 2 aliphatic rings. The first-order valence-electron chi connectivity index (χ1n) is 9.40. The molecule has 0 radical (unpaired) electrons. The Hall–Kier alpha value is -1.95. The second-order valence-electron chi connectivity index (χ2n) is 7.23. The molecule has 2 atom stereocenters. The lowest BCUT2D eigenvalue weighted by Gasteiger charge is -2.39. The smallest absolute Gasteiger partial charge is 0.259 e. The average molecular weight is 342 g/mol. The number of aromatic nitrogens is 3. The molecule has 0 unspecified atom stereocenters. The van der Waals surface area contributed by atoms with Gasteiger partial charge in [0.25, 0.3) is 5.89 Å². The van der Waals surface area contributed by atoms with Gasteiger partial charge in [-0.25, -0.2) is 4.98 Å². The lowest BCUT2D eigenvalue weighted by atomic mass is 10.1. The molecule has 25 heavy (non-hydrogen) atoms. The molecule has 2 fully saturated rings. The van der Waals surface area contributed by atoms with Crippen LogP contribution < -0.4 is 4.90 Å². The zero-order valence-electron chi connectivity index (χ0n) is 15.0. The Kier molecular flexibility index (Phi) is 4.70. The highest BCUT2D eigenvalue weighted by Gasteiger charge is 2.38. The molecule has 3 heterocycles. The molecule has 0 amide bonds. The van der Waals surface area contributed by atoms with Crippen molar-refractivity contribution in [1.29, 1.82) is 0 Å². The largest absolute Gasteiger partial charge is 0.371 e. The molecule has 0 aromatic carbocycles. The Morgan fingerprint density at radius 1 is 1.24 bits per heavy atom. The number of aryl methyl sites for hydroxylation is 1. The average Bonchev–Trinajstić information content (AvgIpc) is 3.41. The molecular weight excluding hydrogens is 316 g/mol. The number of hydrogen-bond acceptors (Lipinski definition) is 6. The van der Waals surface area contributed by atoms with E-state index in [1.807, 2.05) is 19.2 Å². The van der Waals surface area contributed by atoms with Crippen LogP contribution in [0.5, 0.6) is 0 Å². The van der Waals surface area contributed by atoms with Crippen molar-refractivity contribution in [3.63, 3.8) is 0 Å². The summed E-state index contributed by atoms with van der Waals surface area (Å²) in [7, 11) is 0.